The SMILES string of the molecule is Clc1cccc(C2Oc3c(Cl)cc(Cl)cc3C3CC(c4cccs4)=NN32)c1. The van der Waals surface area contributed by atoms with Crippen molar-refractivity contribution in [2.24, 2.45) is 5.10 Å². The maximum absolute atomic E-state index is 6.47. The summed E-state index contributed by atoms with van der Waals surface area (Å²) in [6, 6.07) is 15.4. The monoisotopic (exact) mass is 434 g/mol. The van der Waals surface area contributed by atoms with Crippen molar-refractivity contribution in [2.75, 3.05) is 0 Å². The van der Waals surface area contributed by atoms with E-state index in [0.29, 0.717) is 20.8 Å². The normalized spacial score (nSPS) is 20.7. The number of ether oxygens (including phenoxy) is 1. The number of thiophene rings is 1. The highest BCUT2D eigenvalue weighted by atomic mass is 35.5. The number of hydrazone groups is 1. The summed E-state index contributed by atoms with van der Waals surface area (Å²) in [4.78, 5) is 1.16. The van der Waals surface area contributed by atoms with Gasteiger partial charge in [-0.2, -0.15) is 5.10 Å². The van der Waals surface area contributed by atoms with Gasteiger partial charge in [-0.05, 0) is 35.7 Å². The average molecular weight is 436 g/mol. The molecule has 3 aromatic rings. The van der Waals surface area contributed by atoms with E-state index < -0.39 is 6.23 Å². The molecular weight excluding hydrogens is 423 g/mol. The van der Waals surface area contributed by atoms with Crippen LogP contribution in [-0.4, -0.2) is 10.7 Å². The van der Waals surface area contributed by atoms with E-state index in [4.69, 9.17) is 44.6 Å². The van der Waals surface area contributed by atoms with E-state index in [0.717, 1.165) is 28.1 Å². The van der Waals surface area contributed by atoms with Crippen LogP contribution < -0.4 is 4.74 Å². The minimum absolute atomic E-state index is 0.00558. The first kappa shape index (κ1) is 17.4. The summed E-state index contributed by atoms with van der Waals surface area (Å²) in [5.74, 6) is 0.662. The quantitative estimate of drug-likeness (QED) is 0.435. The van der Waals surface area contributed by atoms with Crippen LogP contribution in [0, 0.1) is 0 Å². The molecular formula is C20H13Cl3N2OS. The van der Waals surface area contributed by atoms with Gasteiger partial charge in [0.15, 0.2) is 0 Å². The Bertz CT molecular complexity index is 1050. The van der Waals surface area contributed by atoms with Gasteiger partial charge in [-0.15, -0.1) is 11.3 Å². The first-order chi connectivity index (χ1) is 13.1. The Kier molecular flexibility index (Phi) is 4.32. The van der Waals surface area contributed by atoms with Crippen LogP contribution in [0.4, 0.5) is 0 Å². The standard InChI is InChI=1S/C20H13Cl3N2OS/c21-12-4-1-3-11(7-12)20-25-17(10-16(24-25)18-5-2-6-27-18)14-8-13(22)9-15(23)19(14)26-20/h1-9,17,20H,10H2. The van der Waals surface area contributed by atoms with Gasteiger partial charge in [0, 0.05) is 27.6 Å². The lowest BCUT2D eigenvalue weighted by molar-refractivity contribution is -0.0189. The zero-order valence-corrected chi connectivity index (χ0v) is 17.0. The highest BCUT2D eigenvalue weighted by Gasteiger charge is 2.42. The van der Waals surface area contributed by atoms with Gasteiger partial charge < -0.3 is 4.74 Å². The van der Waals surface area contributed by atoms with Gasteiger partial charge in [0.1, 0.15) is 5.75 Å². The summed E-state index contributed by atoms with van der Waals surface area (Å²) >= 11 is 20.6. The van der Waals surface area contributed by atoms with E-state index in [1.807, 2.05) is 41.4 Å². The molecule has 0 saturated heterocycles. The van der Waals surface area contributed by atoms with Gasteiger partial charge in [-0.1, -0.05) is 53.0 Å². The molecule has 1 aromatic heterocycles. The number of hydrogen-bond donors (Lipinski definition) is 0. The average Bonchev–Trinajstić information content (AvgIpc) is 3.31. The number of halogens is 3. The zero-order chi connectivity index (χ0) is 18.5. The number of benzene rings is 2. The molecule has 2 unspecified atom stereocenters. The Morgan fingerprint density at radius 3 is 2.70 bits per heavy atom. The summed E-state index contributed by atoms with van der Waals surface area (Å²) in [7, 11) is 0. The molecule has 0 bridgehead atoms. The van der Waals surface area contributed by atoms with Gasteiger partial charge in [0.2, 0.25) is 6.23 Å². The van der Waals surface area contributed by atoms with Gasteiger partial charge in [0.05, 0.1) is 21.7 Å². The molecule has 5 rings (SSSR count). The van der Waals surface area contributed by atoms with Gasteiger partial charge in [-0.3, -0.25) is 0 Å². The van der Waals surface area contributed by atoms with Crippen LogP contribution in [0.3, 0.4) is 0 Å². The largest absolute Gasteiger partial charge is 0.463 e. The van der Waals surface area contributed by atoms with E-state index in [1.165, 1.54) is 0 Å². The molecule has 0 saturated carbocycles. The highest BCUT2D eigenvalue weighted by molar-refractivity contribution is 7.12. The van der Waals surface area contributed by atoms with Crippen LogP contribution in [0.2, 0.25) is 15.1 Å². The van der Waals surface area contributed by atoms with E-state index in [1.54, 1.807) is 17.4 Å². The fourth-order valence-electron chi connectivity index (χ4n) is 3.59. The first-order valence-electron chi connectivity index (χ1n) is 8.41. The second-order valence-corrected chi connectivity index (χ2v) is 8.68. The van der Waals surface area contributed by atoms with E-state index >= 15 is 0 Å². The maximum Gasteiger partial charge on any atom is 0.214 e. The second kappa shape index (κ2) is 6.71. The fourth-order valence-corrected chi connectivity index (χ4v) is 5.06. The smallest absolute Gasteiger partial charge is 0.214 e. The predicted octanol–water partition coefficient (Wildman–Crippen LogP) is 6.95. The molecule has 7 heteroatoms. The highest BCUT2D eigenvalue weighted by Crippen LogP contribution is 2.51. The molecule has 0 spiro atoms. The Labute approximate surface area is 175 Å². The van der Waals surface area contributed by atoms with Crippen LogP contribution in [0.15, 0.2) is 59.0 Å². The minimum atomic E-state index is -0.405. The van der Waals surface area contributed by atoms with Crippen molar-refractivity contribution in [3.8, 4) is 5.75 Å². The summed E-state index contributed by atoms with van der Waals surface area (Å²) in [5.41, 5.74) is 2.93. The van der Waals surface area contributed by atoms with Crippen molar-refractivity contribution in [2.45, 2.75) is 18.7 Å². The maximum atomic E-state index is 6.47. The van der Waals surface area contributed by atoms with Crippen molar-refractivity contribution in [1.82, 2.24) is 5.01 Å². The van der Waals surface area contributed by atoms with Crippen LogP contribution in [-0.2, 0) is 0 Å². The molecule has 0 amide bonds. The fraction of sp³-hybridized carbons (Fsp3) is 0.150. The van der Waals surface area contributed by atoms with Crippen molar-refractivity contribution in [3.05, 3.63) is 85.0 Å². The summed E-state index contributed by atoms with van der Waals surface area (Å²) in [6.07, 6.45) is 0.363. The lowest BCUT2D eigenvalue weighted by Gasteiger charge is -2.38. The van der Waals surface area contributed by atoms with Crippen molar-refractivity contribution >= 4 is 51.9 Å². The van der Waals surface area contributed by atoms with Crippen LogP contribution in [0.25, 0.3) is 0 Å². The van der Waals surface area contributed by atoms with Crippen LogP contribution in [0.5, 0.6) is 5.75 Å². The Hall–Kier alpha value is -1.72. The lowest BCUT2D eigenvalue weighted by atomic mass is 9.97. The first-order valence-corrected chi connectivity index (χ1v) is 10.4. The summed E-state index contributed by atoms with van der Waals surface area (Å²) < 4.78 is 6.31. The van der Waals surface area contributed by atoms with E-state index in [-0.39, 0.29) is 6.04 Å². The Morgan fingerprint density at radius 1 is 1.04 bits per heavy atom. The molecule has 0 fully saturated rings. The van der Waals surface area contributed by atoms with Crippen molar-refractivity contribution < 1.29 is 4.74 Å². The molecule has 2 atom stereocenters. The van der Waals surface area contributed by atoms with E-state index in [9.17, 15) is 0 Å². The molecule has 2 aromatic carbocycles. The predicted molar refractivity (Wildman–Crippen MR) is 111 cm³/mol. The van der Waals surface area contributed by atoms with Crippen molar-refractivity contribution in [1.29, 1.82) is 0 Å². The molecule has 3 heterocycles. The number of rotatable bonds is 2. The molecule has 136 valence electrons. The number of hydrogen-bond acceptors (Lipinski definition) is 4. The van der Waals surface area contributed by atoms with Crippen LogP contribution >= 0.6 is 46.1 Å². The Balaban J connectivity index is 1.65. The topological polar surface area (TPSA) is 24.8 Å². The zero-order valence-electron chi connectivity index (χ0n) is 13.9. The van der Waals surface area contributed by atoms with E-state index in [2.05, 4.69) is 11.4 Å². The minimum Gasteiger partial charge on any atom is -0.463 e. The Morgan fingerprint density at radius 2 is 1.93 bits per heavy atom. The number of fused-ring (bicyclic) bond motifs is 3. The second-order valence-electron chi connectivity index (χ2n) is 6.46. The summed E-state index contributed by atoms with van der Waals surface area (Å²) in [6.45, 7) is 0. The van der Waals surface area contributed by atoms with Gasteiger partial charge in [0.25, 0.3) is 0 Å². The van der Waals surface area contributed by atoms with Crippen molar-refractivity contribution in [3.63, 3.8) is 0 Å². The third kappa shape index (κ3) is 3.01. The van der Waals surface area contributed by atoms with Gasteiger partial charge in [-0.25, -0.2) is 5.01 Å². The number of nitrogens with zero attached hydrogens (tertiary/aromatic N) is 2. The third-order valence-corrected chi connectivity index (χ3v) is 6.40. The molecule has 27 heavy (non-hydrogen) atoms. The lowest BCUT2D eigenvalue weighted by Crippen LogP contribution is -2.33. The molecule has 2 aliphatic heterocycles. The van der Waals surface area contributed by atoms with Crippen LogP contribution in [0.1, 0.15) is 34.7 Å². The molecule has 0 radical (unpaired) electrons. The molecule has 0 aliphatic carbocycles. The molecule has 2 aliphatic rings. The molecule has 0 N–H and O–H groups in total. The third-order valence-electron chi connectivity index (χ3n) is 4.75. The summed E-state index contributed by atoms with van der Waals surface area (Å²) in [5, 5.41) is 10.7. The molecule has 3 nitrogen and oxygen atoms in total. The van der Waals surface area contributed by atoms with Gasteiger partial charge >= 0.3 is 0 Å².